The first-order valence-corrected chi connectivity index (χ1v) is 5.33. The quantitative estimate of drug-likeness (QED) is 0.570. The molecule has 1 aliphatic rings. The lowest BCUT2D eigenvalue weighted by Crippen LogP contribution is -1.91. The van der Waals surface area contributed by atoms with Gasteiger partial charge in [0.05, 0.1) is 0 Å². The van der Waals surface area contributed by atoms with Crippen molar-refractivity contribution in [3.63, 3.8) is 0 Å². The Labute approximate surface area is 87.2 Å². The highest BCUT2D eigenvalue weighted by Gasteiger charge is 1.95. The Kier molecular flexibility index (Phi) is 7.81. The van der Waals surface area contributed by atoms with Crippen molar-refractivity contribution in [1.82, 2.24) is 0 Å². The second-order valence-electron chi connectivity index (χ2n) is 3.03. The molecule has 0 aliphatic heterocycles. The molecule has 0 amide bonds. The van der Waals surface area contributed by atoms with Gasteiger partial charge in [-0.1, -0.05) is 43.7 Å². The Hall–Kier alpha value is -1.11. The second-order valence-corrected chi connectivity index (χ2v) is 3.03. The van der Waals surface area contributed by atoms with Crippen LogP contribution in [0.4, 0.5) is 0 Å². The van der Waals surface area contributed by atoms with Gasteiger partial charge in [0.15, 0.2) is 5.78 Å². The van der Waals surface area contributed by atoms with E-state index in [1.165, 1.54) is 5.57 Å². The van der Waals surface area contributed by atoms with E-state index in [-0.39, 0.29) is 5.78 Å². The summed E-state index contributed by atoms with van der Waals surface area (Å²) in [5, 5.41) is 0. The maximum absolute atomic E-state index is 11.1. The number of carbonyl (C=O) groups is 1. The number of allylic oxidation sites excluding steroid dienone is 6. The number of carbonyl (C=O) groups excluding carboxylic acids is 1. The predicted octanol–water partition coefficient (Wildman–Crippen LogP) is 3.82. The fourth-order valence-electron chi connectivity index (χ4n) is 1.11. The molecule has 0 spiro atoms. The minimum Gasteiger partial charge on any atom is -0.295 e. The zero-order valence-corrected chi connectivity index (χ0v) is 9.42. The first kappa shape index (κ1) is 12.9. The fraction of sp³-hybridized carbons (Fsp3) is 0.462. The average Bonchev–Trinajstić information content (AvgIpc) is 2.20. The van der Waals surface area contributed by atoms with Crippen LogP contribution >= 0.6 is 0 Å². The lowest BCUT2D eigenvalue weighted by atomic mass is 10.1. The van der Waals surface area contributed by atoms with Crippen LogP contribution in [0, 0.1) is 0 Å². The highest BCUT2D eigenvalue weighted by Crippen LogP contribution is 2.04. The molecule has 0 N–H and O–H groups in total. The Morgan fingerprint density at radius 2 is 1.93 bits per heavy atom. The van der Waals surface area contributed by atoms with Crippen molar-refractivity contribution in [1.29, 1.82) is 0 Å². The highest BCUT2D eigenvalue weighted by atomic mass is 16.1. The molecule has 1 nitrogen and oxygen atoms in total. The highest BCUT2D eigenvalue weighted by molar-refractivity contribution is 5.89. The Balaban J connectivity index is 0.000000791. The predicted molar refractivity (Wildman–Crippen MR) is 62.2 cm³/mol. The summed E-state index contributed by atoms with van der Waals surface area (Å²) in [7, 11) is 0. The van der Waals surface area contributed by atoms with Gasteiger partial charge in [0.2, 0.25) is 0 Å². The molecule has 0 aromatic rings. The van der Waals surface area contributed by atoms with Gasteiger partial charge in [-0.15, -0.1) is 0 Å². The van der Waals surface area contributed by atoms with E-state index in [4.69, 9.17) is 0 Å². The molecule has 0 fully saturated rings. The van der Waals surface area contributed by atoms with Gasteiger partial charge in [0, 0.05) is 6.42 Å². The molecular weight excluding hydrogens is 172 g/mol. The topological polar surface area (TPSA) is 17.1 Å². The Bertz CT molecular complexity index is 244. The fourth-order valence-corrected chi connectivity index (χ4v) is 1.11. The van der Waals surface area contributed by atoms with Crippen molar-refractivity contribution in [2.45, 2.75) is 40.0 Å². The van der Waals surface area contributed by atoms with Crippen LogP contribution in [0.5, 0.6) is 0 Å². The smallest absolute Gasteiger partial charge is 0.155 e. The minimum absolute atomic E-state index is 0.231. The standard InChI is InChI=1S/C11H14O.C2H6/c1-10-6-3-2-4-8-11(12)9-5-7-10;1-2/h3,5-7,9H,2,4,8H2,1H3;1-2H3/b6-3+,9-5+,10-7-;. The van der Waals surface area contributed by atoms with Gasteiger partial charge in [-0.2, -0.15) is 0 Å². The van der Waals surface area contributed by atoms with Gasteiger partial charge in [0.25, 0.3) is 0 Å². The molecule has 0 unspecified atom stereocenters. The molecule has 0 atom stereocenters. The molecule has 0 aromatic heterocycles. The number of hydrogen-bond donors (Lipinski definition) is 0. The van der Waals surface area contributed by atoms with Crippen molar-refractivity contribution < 1.29 is 4.79 Å². The maximum atomic E-state index is 11.1. The zero-order chi connectivity index (χ0) is 10.8. The summed E-state index contributed by atoms with van der Waals surface area (Å²) < 4.78 is 0. The first-order chi connectivity index (χ1) is 6.79. The molecular formula is C13H20O. The summed E-state index contributed by atoms with van der Waals surface area (Å²) in [6, 6.07) is 0. The lowest BCUT2D eigenvalue weighted by molar-refractivity contribution is -0.114. The van der Waals surface area contributed by atoms with Crippen LogP contribution in [0.2, 0.25) is 0 Å². The monoisotopic (exact) mass is 192 g/mol. The summed E-state index contributed by atoms with van der Waals surface area (Å²) in [6.45, 7) is 6.03. The molecule has 0 bridgehead atoms. The maximum Gasteiger partial charge on any atom is 0.155 e. The number of ketones is 1. The van der Waals surface area contributed by atoms with Crippen LogP contribution in [0.1, 0.15) is 40.0 Å². The van der Waals surface area contributed by atoms with Crippen molar-refractivity contribution in [3.8, 4) is 0 Å². The van der Waals surface area contributed by atoms with E-state index in [0.717, 1.165) is 12.8 Å². The normalized spacial score (nSPS) is 25.1. The Morgan fingerprint density at radius 3 is 2.64 bits per heavy atom. The van der Waals surface area contributed by atoms with E-state index >= 15 is 0 Å². The van der Waals surface area contributed by atoms with E-state index < -0.39 is 0 Å². The molecule has 0 radical (unpaired) electrons. The van der Waals surface area contributed by atoms with Gasteiger partial charge in [-0.25, -0.2) is 0 Å². The molecule has 0 saturated carbocycles. The largest absolute Gasteiger partial charge is 0.295 e. The number of rotatable bonds is 0. The Morgan fingerprint density at radius 1 is 1.21 bits per heavy atom. The molecule has 1 rings (SSSR count). The molecule has 1 aliphatic carbocycles. The third kappa shape index (κ3) is 6.41. The summed E-state index contributed by atoms with van der Waals surface area (Å²) in [6.07, 6.45) is 12.3. The third-order valence-corrected chi connectivity index (χ3v) is 1.82. The first-order valence-electron chi connectivity index (χ1n) is 5.33. The molecule has 78 valence electrons. The van der Waals surface area contributed by atoms with Crippen LogP contribution < -0.4 is 0 Å². The number of hydrogen-bond acceptors (Lipinski definition) is 1. The van der Waals surface area contributed by atoms with Crippen LogP contribution in [-0.4, -0.2) is 5.78 Å². The molecule has 14 heavy (non-hydrogen) atoms. The van der Waals surface area contributed by atoms with E-state index in [2.05, 4.69) is 12.2 Å². The third-order valence-electron chi connectivity index (χ3n) is 1.82. The van der Waals surface area contributed by atoms with Gasteiger partial charge in [-0.05, 0) is 25.8 Å². The average molecular weight is 192 g/mol. The van der Waals surface area contributed by atoms with Crippen LogP contribution in [0.3, 0.4) is 0 Å². The van der Waals surface area contributed by atoms with Crippen molar-refractivity contribution in [2.75, 3.05) is 0 Å². The summed E-state index contributed by atoms with van der Waals surface area (Å²) in [5.41, 5.74) is 1.20. The van der Waals surface area contributed by atoms with Gasteiger partial charge in [-0.3, -0.25) is 4.79 Å². The second kappa shape index (κ2) is 8.49. The SMILES string of the molecule is CC.CC1=C/C=C/C(=O)CCC\C=C\1. The van der Waals surface area contributed by atoms with Crippen molar-refractivity contribution in [2.24, 2.45) is 0 Å². The molecule has 0 saturated heterocycles. The van der Waals surface area contributed by atoms with Crippen molar-refractivity contribution >= 4 is 5.78 Å². The van der Waals surface area contributed by atoms with Gasteiger partial charge < -0.3 is 0 Å². The van der Waals surface area contributed by atoms with E-state index in [1.54, 1.807) is 6.08 Å². The van der Waals surface area contributed by atoms with Gasteiger partial charge in [0.1, 0.15) is 0 Å². The zero-order valence-electron chi connectivity index (χ0n) is 9.42. The molecule has 0 heterocycles. The van der Waals surface area contributed by atoms with Gasteiger partial charge >= 0.3 is 0 Å². The molecule has 1 heteroatoms. The summed E-state index contributed by atoms with van der Waals surface area (Å²) in [5.74, 6) is 0.231. The lowest BCUT2D eigenvalue weighted by Gasteiger charge is -1.95. The minimum atomic E-state index is 0.231. The van der Waals surface area contributed by atoms with Crippen LogP contribution in [0.15, 0.2) is 36.0 Å². The molecule has 0 aromatic carbocycles. The van der Waals surface area contributed by atoms with E-state index in [1.807, 2.05) is 32.9 Å². The van der Waals surface area contributed by atoms with Crippen LogP contribution in [-0.2, 0) is 4.79 Å². The van der Waals surface area contributed by atoms with E-state index in [9.17, 15) is 4.79 Å². The summed E-state index contributed by atoms with van der Waals surface area (Å²) >= 11 is 0. The van der Waals surface area contributed by atoms with Crippen LogP contribution in [0.25, 0.3) is 0 Å². The summed E-state index contributed by atoms with van der Waals surface area (Å²) in [4.78, 5) is 11.1. The van der Waals surface area contributed by atoms with Crippen molar-refractivity contribution in [3.05, 3.63) is 36.0 Å². The van der Waals surface area contributed by atoms with E-state index in [0.29, 0.717) is 6.42 Å².